The Morgan fingerprint density at radius 1 is 1.50 bits per heavy atom. The van der Waals surface area contributed by atoms with Gasteiger partial charge in [0.2, 0.25) is 5.91 Å². The summed E-state index contributed by atoms with van der Waals surface area (Å²) in [6.45, 7) is 5.88. The number of hydrogen-bond donors (Lipinski definition) is 0. The minimum Gasteiger partial charge on any atom is -0.339 e. The van der Waals surface area contributed by atoms with Gasteiger partial charge in [0.25, 0.3) is 0 Å². The van der Waals surface area contributed by atoms with Crippen LogP contribution in [0.15, 0.2) is 11.6 Å². The van der Waals surface area contributed by atoms with Gasteiger partial charge in [-0.3, -0.25) is 4.79 Å². The lowest BCUT2D eigenvalue weighted by Crippen LogP contribution is -2.35. The Kier molecular flexibility index (Phi) is 3.32. The predicted molar refractivity (Wildman–Crippen MR) is 49.9 cm³/mol. The Morgan fingerprint density at radius 2 is 2.25 bits per heavy atom. The van der Waals surface area contributed by atoms with Crippen molar-refractivity contribution in [3.63, 3.8) is 0 Å². The topological polar surface area (TPSA) is 20.3 Å². The molecule has 1 fully saturated rings. The van der Waals surface area contributed by atoms with Gasteiger partial charge >= 0.3 is 0 Å². The predicted octanol–water partition coefficient (Wildman–Crippen LogP) is 1.97. The Labute approximate surface area is 74.2 Å². The monoisotopic (exact) mass is 167 g/mol. The highest BCUT2D eigenvalue weighted by Gasteiger charge is 2.15. The summed E-state index contributed by atoms with van der Waals surface area (Å²) in [6.07, 6.45) is 5.10. The first-order valence-corrected chi connectivity index (χ1v) is 4.61. The van der Waals surface area contributed by atoms with Gasteiger partial charge in [-0.25, -0.2) is 0 Å². The lowest BCUT2D eigenvalue weighted by atomic mass is 10.1. The van der Waals surface area contributed by atoms with Crippen molar-refractivity contribution in [2.75, 3.05) is 13.1 Å². The van der Waals surface area contributed by atoms with E-state index in [4.69, 9.17) is 0 Å². The van der Waals surface area contributed by atoms with E-state index in [1.807, 2.05) is 4.90 Å². The normalized spacial score (nSPS) is 17.8. The van der Waals surface area contributed by atoms with Crippen LogP contribution in [0.25, 0.3) is 0 Å². The fraction of sp³-hybridized carbons (Fsp3) is 0.700. The van der Waals surface area contributed by atoms with Crippen molar-refractivity contribution < 1.29 is 4.79 Å². The van der Waals surface area contributed by atoms with Crippen LogP contribution in [-0.2, 0) is 4.79 Å². The van der Waals surface area contributed by atoms with E-state index in [1.54, 1.807) is 0 Å². The van der Waals surface area contributed by atoms with Crippen molar-refractivity contribution in [2.45, 2.75) is 33.1 Å². The summed E-state index contributed by atoms with van der Waals surface area (Å²) in [6, 6.07) is 0. The fourth-order valence-corrected chi connectivity index (χ4v) is 1.35. The van der Waals surface area contributed by atoms with E-state index in [0.717, 1.165) is 25.9 Å². The molecule has 0 unspecified atom stereocenters. The first kappa shape index (κ1) is 9.30. The summed E-state index contributed by atoms with van der Waals surface area (Å²) in [5.74, 6) is 0.318. The quantitative estimate of drug-likeness (QED) is 0.576. The maximum absolute atomic E-state index is 11.3. The fourth-order valence-electron chi connectivity index (χ4n) is 1.35. The van der Waals surface area contributed by atoms with Gasteiger partial charge in [0, 0.05) is 19.5 Å². The Balaban J connectivity index is 2.39. The molecule has 1 rings (SSSR count). The molecule has 1 amide bonds. The summed E-state index contributed by atoms with van der Waals surface area (Å²) < 4.78 is 0. The number of piperidine rings is 1. The van der Waals surface area contributed by atoms with Crippen LogP contribution in [0.5, 0.6) is 0 Å². The molecule has 0 aromatic rings. The maximum atomic E-state index is 11.3. The average Bonchev–Trinajstić information content (AvgIpc) is 2.03. The van der Waals surface area contributed by atoms with Crippen molar-refractivity contribution in [3.8, 4) is 0 Å². The minimum atomic E-state index is 0.318. The van der Waals surface area contributed by atoms with Crippen LogP contribution in [0.4, 0.5) is 0 Å². The molecule has 0 aromatic heterocycles. The zero-order valence-corrected chi connectivity index (χ0v) is 7.97. The second kappa shape index (κ2) is 4.29. The van der Waals surface area contributed by atoms with E-state index in [2.05, 4.69) is 19.9 Å². The Hall–Kier alpha value is -0.790. The maximum Gasteiger partial charge on any atom is 0.222 e. The van der Waals surface area contributed by atoms with E-state index < -0.39 is 0 Å². The van der Waals surface area contributed by atoms with Gasteiger partial charge in [-0.2, -0.15) is 0 Å². The van der Waals surface area contributed by atoms with Gasteiger partial charge in [-0.15, -0.1) is 0 Å². The lowest BCUT2D eigenvalue weighted by molar-refractivity contribution is -0.132. The molecule has 0 atom stereocenters. The van der Waals surface area contributed by atoms with E-state index in [0.29, 0.717) is 5.91 Å². The third-order valence-electron chi connectivity index (χ3n) is 2.14. The van der Waals surface area contributed by atoms with Crippen molar-refractivity contribution in [3.05, 3.63) is 11.6 Å². The highest BCUT2D eigenvalue weighted by molar-refractivity contribution is 5.76. The molecule has 2 nitrogen and oxygen atoms in total. The number of rotatable bonds is 2. The highest BCUT2D eigenvalue weighted by atomic mass is 16.2. The van der Waals surface area contributed by atoms with Crippen LogP contribution in [0.3, 0.4) is 0 Å². The Morgan fingerprint density at radius 3 is 2.83 bits per heavy atom. The Bertz CT molecular complexity index is 192. The summed E-state index contributed by atoms with van der Waals surface area (Å²) in [7, 11) is 0. The zero-order chi connectivity index (χ0) is 8.97. The van der Waals surface area contributed by atoms with Gasteiger partial charge in [0.05, 0.1) is 0 Å². The van der Waals surface area contributed by atoms with Crippen LogP contribution in [0.2, 0.25) is 0 Å². The van der Waals surface area contributed by atoms with Crippen molar-refractivity contribution in [1.29, 1.82) is 0 Å². The second-order valence-corrected chi connectivity index (χ2v) is 3.58. The number of nitrogens with zero attached hydrogens (tertiary/aromatic N) is 1. The molecular formula is C10H17NO. The van der Waals surface area contributed by atoms with E-state index in [9.17, 15) is 4.79 Å². The van der Waals surface area contributed by atoms with E-state index in [1.165, 1.54) is 12.0 Å². The average molecular weight is 167 g/mol. The minimum absolute atomic E-state index is 0.318. The summed E-state index contributed by atoms with van der Waals surface area (Å²) in [5, 5.41) is 0. The van der Waals surface area contributed by atoms with Crippen LogP contribution >= 0.6 is 0 Å². The molecule has 0 bridgehead atoms. The van der Waals surface area contributed by atoms with Gasteiger partial charge in [0.1, 0.15) is 0 Å². The van der Waals surface area contributed by atoms with Crippen molar-refractivity contribution in [1.82, 2.24) is 4.90 Å². The molecular weight excluding hydrogens is 150 g/mol. The molecule has 12 heavy (non-hydrogen) atoms. The molecule has 1 heterocycles. The van der Waals surface area contributed by atoms with Gasteiger partial charge < -0.3 is 4.90 Å². The number of hydrogen-bond acceptors (Lipinski definition) is 1. The van der Waals surface area contributed by atoms with Crippen LogP contribution in [0.1, 0.15) is 33.1 Å². The van der Waals surface area contributed by atoms with Crippen LogP contribution < -0.4 is 0 Å². The molecule has 1 aliphatic heterocycles. The number of carbonyl (C=O) groups excluding carboxylic acids is 1. The summed E-state index contributed by atoms with van der Waals surface area (Å²) in [5.41, 5.74) is 1.29. The lowest BCUT2D eigenvalue weighted by Gasteiger charge is -2.25. The molecule has 0 radical (unpaired) electrons. The first-order chi connectivity index (χ1) is 5.70. The number of carbonyl (C=O) groups is 1. The number of amides is 1. The molecule has 68 valence electrons. The third kappa shape index (κ3) is 2.68. The summed E-state index contributed by atoms with van der Waals surface area (Å²) in [4.78, 5) is 13.2. The smallest absolute Gasteiger partial charge is 0.222 e. The van der Waals surface area contributed by atoms with E-state index >= 15 is 0 Å². The SMILES string of the molecule is CC(C)=CCN1CCCCC1=O. The molecule has 1 saturated heterocycles. The van der Waals surface area contributed by atoms with Gasteiger partial charge in [-0.05, 0) is 26.7 Å². The van der Waals surface area contributed by atoms with Crippen molar-refractivity contribution >= 4 is 5.91 Å². The standard InChI is InChI=1S/C10H17NO/c1-9(2)6-8-11-7-4-3-5-10(11)12/h6H,3-5,7-8H2,1-2H3. The van der Waals surface area contributed by atoms with Gasteiger partial charge in [-0.1, -0.05) is 11.6 Å². The molecule has 1 aliphatic rings. The second-order valence-electron chi connectivity index (χ2n) is 3.58. The third-order valence-corrected chi connectivity index (χ3v) is 2.14. The highest BCUT2D eigenvalue weighted by Crippen LogP contribution is 2.10. The van der Waals surface area contributed by atoms with Crippen LogP contribution in [0, 0.1) is 0 Å². The number of likely N-dealkylation sites (tertiary alicyclic amines) is 1. The number of allylic oxidation sites excluding steroid dienone is 1. The molecule has 0 aliphatic carbocycles. The summed E-state index contributed by atoms with van der Waals surface area (Å²) >= 11 is 0. The van der Waals surface area contributed by atoms with Crippen molar-refractivity contribution in [2.24, 2.45) is 0 Å². The molecule has 2 heteroatoms. The van der Waals surface area contributed by atoms with E-state index in [-0.39, 0.29) is 0 Å². The molecule has 0 aromatic carbocycles. The molecule has 0 saturated carbocycles. The first-order valence-electron chi connectivity index (χ1n) is 4.61. The molecule has 0 N–H and O–H groups in total. The van der Waals surface area contributed by atoms with Gasteiger partial charge in [0.15, 0.2) is 0 Å². The van der Waals surface area contributed by atoms with Crippen LogP contribution in [-0.4, -0.2) is 23.9 Å². The molecule has 0 spiro atoms. The largest absolute Gasteiger partial charge is 0.339 e. The zero-order valence-electron chi connectivity index (χ0n) is 7.97.